The van der Waals surface area contributed by atoms with Gasteiger partial charge in [0.05, 0.1) is 52.4 Å². The van der Waals surface area contributed by atoms with Crippen molar-refractivity contribution in [2.24, 2.45) is 0 Å². The van der Waals surface area contributed by atoms with Crippen molar-refractivity contribution >= 4 is 49.1 Å². The van der Waals surface area contributed by atoms with Crippen LogP contribution in [-0.2, 0) is 9.59 Å². The quantitative estimate of drug-likeness (QED) is 0.0797. The van der Waals surface area contributed by atoms with Crippen molar-refractivity contribution in [3.8, 4) is 47.0 Å². The van der Waals surface area contributed by atoms with Crippen LogP contribution in [0.3, 0.4) is 0 Å². The van der Waals surface area contributed by atoms with E-state index in [0.717, 1.165) is 0 Å². The Morgan fingerprint density at radius 3 is 0.605 bits per heavy atom. The fourth-order valence-electron chi connectivity index (χ4n) is 7.37. The molecule has 6 aromatic rings. The van der Waals surface area contributed by atoms with Crippen LogP contribution in [0.1, 0.15) is 69.2 Å². The van der Waals surface area contributed by atoms with E-state index in [9.17, 15) is 44.1 Å². The molecule has 0 unspecified atom stereocenters. The minimum atomic E-state index is -6.00. The summed E-state index contributed by atoms with van der Waals surface area (Å²) in [6.45, 7) is 31.3. The molecule has 76 heavy (non-hydrogen) atoms. The van der Waals surface area contributed by atoms with Gasteiger partial charge in [0.15, 0.2) is 0 Å². The van der Waals surface area contributed by atoms with E-state index in [-0.39, 0.29) is 35.9 Å². The molecule has 0 fully saturated rings. The summed E-state index contributed by atoms with van der Waals surface area (Å²) >= 11 is 0. The molecule has 0 aliphatic carbocycles. The summed E-state index contributed by atoms with van der Waals surface area (Å²) in [6, 6.07) is 26.4. The predicted molar refractivity (Wildman–Crippen MR) is 272 cm³/mol. The van der Waals surface area contributed by atoms with Gasteiger partial charge in [0.25, 0.3) is 0 Å². The molecule has 28 heteroatoms. The molecule has 2 aromatic heterocycles. The molecule has 4 aromatic carbocycles. The molecule has 10 aliphatic heterocycles. The second-order valence-corrected chi connectivity index (χ2v) is 16.2. The first-order chi connectivity index (χ1) is 35.9. The highest BCUT2D eigenvalue weighted by Gasteiger charge is 2.22. The Hall–Kier alpha value is -7.61. The summed E-state index contributed by atoms with van der Waals surface area (Å²) in [5, 5.41) is 31.5. The highest BCUT2D eigenvalue weighted by molar-refractivity contribution is 6.50. The van der Waals surface area contributed by atoms with Gasteiger partial charge >= 0.3 is 38.6 Å². The van der Waals surface area contributed by atoms with Crippen LogP contribution in [0.2, 0.25) is 0 Å². The SMILES string of the molecule is CC(=O)N1c2ccc(cc2)Oc2nnc(nn2)Oc2ccc(cc2)N(C(C)=O)c2ccc(cc2)Oc2nnc(nn2)Oc2ccc1cc2.CC[N+](CC)(CC)CC.CC[N+](CC)(CC)CC.F[B-](F)(F)F.F[B-](F)(F)F. The number of benzene rings is 4. The highest BCUT2D eigenvalue weighted by Crippen LogP contribution is 2.33. The van der Waals surface area contributed by atoms with E-state index in [1.165, 1.54) is 85.0 Å². The molecule has 18 nitrogen and oxygen atoms in total. The Morgan fingerprint density at radius 2 is 0.500 bits per heavy atom. The van der Waals surface area contributed by atoms with Crippen molar-refractivity contribution in [3.63, 3.8) is 0 Å². The zero-order valence-electron chi connectivity index (χ0n) is 43.9. The van der Waals surface area contributed by atoms with E-state index in [1.807, 2.05) is 0 Å². The number of ether oxygens (including phenoxy) is 4. The number of hydrogen-bond donors (Lipinski definition) is 0. The Kier molecular flexibility index (Phi) is 24.3. The Bertz CT molecular complexity index is 2290. The van der Waals surface area contributed by atoms with Crippen molar-refractivity contribution in [1.29, 1.82) is 0 Å². The number of carbonyl (C=O) groups excluding carboxylic acids is 2. The summed E-state index contributed by atoms with van der Waals surface area (Å²) in [7, 11) is -12.0. The van der Waals surface area contributed by atoms with Crippen LogP contribution in [0.5, 0.6) is 47.0 Å². The van der Waals surface area contributed by atoms with Gasteiger partial charge in [-0.05, 0) is 152 Å². The average Bonchev–Trinajstić information content (AvgIpc) is 3.38. The molecule has 0 atom stereocenters. The van der Waals surface area contributed by atoms with Crippen molar-refractivity contribution in [1.82, 2.24) is 40.8 Å². The standard InChI is InChI=1S/C32H22N10O6.2C8H20N.2BF4/c1-19(43)41-21-3-11-25(12-4-21)45-29-33-37-31(38-34-29)47-27-15-7-23(8-16-27)42(20(2)44)24-9-17-28(18-10-24)48-32-39-35-30(36-40-32)46-26-13-5-22(41)6-14-26;2*1-5-9(6-2,7-3)8-4;2*2-1(3,4)5/h3-18H,1-2H3;2*5-8H2,1-4H3;;/q;2*+1;2*-1. The van der Waals surface area contributed by atoms with Crippen molar-refractivity contribution in [2.45, 2.75) is 69.2 Å². The summed E-state index contributed by atoms with van der Waals surface area (Å²) in [5.41, 5.74) is 2.35. The van der Waals surface area contributed by atoms with Gasteiger partial charge < -0.3 is 62.4 Å². The lowest BCUT2D eigenvalue weighted by molar-refractivity contribution is -0.921. The molecular formula is C48H62B2F8N12O6. The van der Waals surface area contributed by atoms with Gasteiger partial charge in [0.2, 0.25) is 11.8 Å². The number of carbonyl (C=O) groups is 2. The maximum Gasteiger partial charge on any atom is 0.673 e. The minimum absolute atomic E-state index is 0.110. The first kappa shape index (κ1) is 62.7. The number of aromatic nitrogens is 8. The molecule has 0 N–H and O–H groups in total. The topological polar surface area (TPSA) is 181 Å². The Balaban J connectivity index is 0.000000445. The predicted octanol–water partition coefficient (Wildman–Crippen LogP) is 12.1. The van der Waals surface area contributed by atoms with E-state index in [2.05, 4.69) is 96.2 Å². The van der Waals surface area contributed by atoms with Gasteiger partial charge in [0.1, 0.15) is 23.0 Å². The number of halogens is 8. The third kappa shape index (κ3) is 21.0. The second kappa shape index (κ2) is 29.5. The van der Waals surface area contributed by atoms with Crippen LogP contribution in [-0.4, -0.2) is 128 Å². The second-order valence-electron chi connectivity index (χ2n) is 16.2. The van der Waals surface area contributed by atoms with E-state index < -0.39 is 14.5 Å². The van der Waals surface area contributed by atoms with Gasteiger partial charge in [-0.3, -0.25) is 19.4 Å². The molecule has 12 heterocycles. The Labute approximate surface area is 436 Å². The largest absolute Gasteiger partial charge is 0.673 e. The van der Waals surface area contributed by atoms with Crippen molar-refractivity contribution in [2.75, 3.05) is 62.2 Å². The number of amides is 2. The summed E-state index contributed by atoms with van der Waals surface area (Å²) in [5.74, 6) is 1.12. The minimum Gasteiger partial charge on any atom is -0.422 e. The van der Waals surface area contributed by atoms with Crippen molar-refractivity contribution < 1.29 is 72.0 Å². The number of hydrogen-bond acceptors (Lipinski definition) is 14. The molecule has 2 amide bonds. The van der Waals surface area contributed by atoms with Gasteiger partial charge in [0, 0.05) is 36.6 Å². The number of nitrogens with zero attached hydrogens (tertiary/aromatic N) is 12. The van der Waals surface area contributed by atoms with Crippen LogP contribution in [0.25, 0.3) is 0 Å². The average molecular weight is 1080 g/mol. The van der Waals surface area contributed by atoms with Gasteiger partial charge in [-0.2, -0.15) is 0 Å². The van der Waals surface area contributed by atoms with E-state index in [1.54, 1.807) is 97.1 Å². The van der Waals surface area contributed by atoms with Crippen LogP contribution in [0.15, 0.2) is 97.1 Å². The Morgan fingerprint density at radius 1 is 0.355 bits per heavy atom. The number of quaternary nitrogens is 2. The third-order valence-corrected chi connectivity index (χ3v) is 12.1. The summed E-state index contributed by atoms with van der Waals surface area (Å²) in [6.07, 6.45) is 0. The van der Waals surface area contributed by atoms with E-state index in [0.29, 0.717) is 45.7 Å². The van der Waals surface area contributed by atoms with Gasteiger partial charge in [-0.15, -0.1) is 0 Å². The lowest BCUT2D eigenvalue weighted by atomic mass is 10.2. The number of rotatable bonds is 8. The van der Waals surface area contributed by atoms with E-state index in [4.69, 9.17) is 18.9 Å². The summed E-state index contributed by atoms with van der Waals surface area (Å²) < 4.78 is 103. The summed E-state index contributed by atoms with van der Waals surface area (Å²) in [4.78, 5) is 28.3. The van der Waals surface area contributed by atoms with Gasteiger partial charge in [-0.25, -0.2) is 0 Å². The fourth-order valence-corrected chi connectivity index (χ4v) is 7.37. The number of anilines is 4. The zero-order valence-corrected chi connectivity index (χ0v) is 43.9. The molecule has 0 spiro atoms. The normalized spacial score (nSPS) is 12.2. The first-order valence-electron chi connectivity index (χ1n) is 24.2. The highest BCUT2D eigenvalue weighted by atomic mass is 19.5. The molecular weight excluding hydrogens is 1010 g/mol. The zero-order chi connectivity index (χ0) is 56.7. The molecule has 0 saturated carbocycles. The molecule has 0 saturated heterocycles. The van der Waals surface area contributed by atoms with Crippen LogP contribution in [0, 0.1) is 0 Å². The smallest absolute Gasteiger partial charge is 0.422 e. The fraction of sp³-hybridized carbons (Fsp3) is 0.375. The van der Waals surface area contributed by atoms with Crippen LogP contribution in [0.4, 0.5) is 57.3 Å². The maximum atomic E-state index is 12.6. The lowest BCUT2D eigenvalue weighted by Gasteiger charge is -2.34. The lowest BCUT2D eigenvalue weighted by Crippen LogP contribution is -2.47. The maximum absolute atomic E-state index is 12.6. The van der Waals surface area contributed by atoms with Crippen LogP contribution < -0.4 is 28.7 Å². The molecule has 16 rings (SSSR count). The monoisotopic (exact) mass is 1080 g/mol. The molecule has 0 radical (unpaired) electrons. The third-order valence-electron chi connectivity index (χ3n) is 12.1. The first-order valence-corrected chi connectivity index (χ1v) is 24.2. The van der Waals surface area contributed by atoms with Crippen molar-refractivity contribution in [3.05, 3.63) is 97.1 Å². The molecule has 412 valence electrons. The van der Waals surface area contributed by atoms with E-state index >= 15 is 0 Å². The molecule has 10 aliphatic rings. The van der Waals surface area contributed by atoms with Gasteiger partial charge in [-0.1, -0.05) is 40.8 Å². The van der Waals surface area contributed by atoms with Crippen LogP contribution >= 0.6 is 0 Å². The molecule has 12 bridgehead atoms.